The van der Waals surface area contributed by atoms with Crippen LogP contribution in [0.15, 0.2) is 53.9 Å². The van der Waals surface area contributed by atoms with E-state index >= 15 is 0 Å². The molecule has 3 heterocycles. The smallest absolute Gasteiger partial charge is 0.186 e. The van der Waals surface area contributed by atoms with Crippen LogP contribution in [0.1, 0.15) is 36.1 Å². The summed E-state index contributed by atoms with van der Waals surface area (Å²) in [7, 11) is 3.93. The summed E-state index contributed by atoms with van der Waals surface area (Å²) in [6, 6.07) is 17.5. The summed E-state index contributed by atoms with van der Waals surface area (Å²) in [6.45, 7) is 9.42. The summed E-state index contributed by atoms with van der Waals surface area (Å²) in [5.74, 6) is 0.897. The van der Waals surface area contributed by atoms with Gasteiger partial charge < -0.3 is 19.4 Å². The number of ether oxygens (including phenoxy) is 1. The molecule has 0 N–H and O–H groups in total. The third-order valence-electron chi connectivity index (χ3n) is 7.33. The average Bonchev–Trinajstić information content (AvgIpc) is 3.38. The first kappa shape index (κ1) is 25.1. The van der Waals surface area contributed by atoms with Gasteiger partial charge in [0, 0.05) is 56.9 Å². The first-order valence-corrected chi connectivity index (χ1v) is 14.1. The summed E-state index contributed by atoms with van der Waals surface area (Å²) in [6.07, 6.45) is 3.98. The van der Waals surface area contributed by atoms with Gasteiger partial charge in [-0.25, -0.2) is 4.98 Å². The number of methoxy groups -OCH3 is 1. The number of nitrogens with zero attached hydrogens (tertiary/aromatic N) is 5. The lowest BCUT2D eigenvalue weighted by molar-refractivity contribution is 0.219. The summed E-state index contributed by atoms with van der Waals surface area (Å²) < 4.78 is 5.48. The highest BCUT2D eigenvalue weighted by molar-refractivity contribution is 7.13. The molecule has 0 radical (unpaired) electrons. The van der Waals surface area contributed by atoms with Crippen molar-refractivity contribution in [3.8, 4) is 5.75 Å². The molecule has 2 aliphatic heterocycles. The lowest BCUT2D eigenvalue weighted by Crippen LogP contribution is -2.44. The van der Waals surface area contributed by atoms with E-state index in [1.165, 1.54) is 54.9 Å². The number of anilines is 2. The third kappa shape index (κ3) is 6.58. The molecule has 3 aromatic rings. The largest absolute Gasteiger partial charge is 0.497 e. The Labute approximate surface area is 220 Å². The number of thiazole rings is 1. The Morgan fingerprint density at radius 3 is 2.39 bits per heavy atom. The average molecular weight is 506 g/mol. The molecule has 2 aromatic carbocycles. The quantitative estimate of drug-likeness (QED) is 0.403. The number of piperazine rings is 1. The normalized spacial score (nSPS) is 17.3. The highest BCUT2D eigenvalue weighted by atomic mass is 32.1. The van der Waals surface area contributed by atoms with E-state index in [4.69, 9.17) is 9.72 Å². The Kier molecular flexibility index (Phi) is 8.41. The fourth-order valence-electron chi connectivity index (χ4n) is 5.14. The maximum Gasteiger partial charge on any atom is 0.186 e. The number of piperidine rings is 1. The Morgan fingerprint density at radius 1 is 0.889 bits per heavy atom. The van der Waals surface area contributed by atoms with E-state index in [0.717, 1.165) is 56.7 Å². The molecule has 0 spiro atoms. The predicted molar refractivity (Wildman–Crippen MR) is 150 cm³/mol. The standard InChI is InChI=1S/C29H39N5OS/c1-31-15-17-33(18-16-31)27-11-9-24(10-12-27)20-34(21-25-7-6-8-28(19-25)35-2)29-30-26(23-36-29)22-32-13-4-3-5-14-32/h6-12,19,23H,3-5,13-18,20-22H2,1-2H3. The van der Waals surface area contributed by atoms with E-state index in [-0.39, 0.29) is 0 Å². The van der Waals surface area contributed by atoms with Crippen LogP contribution < -0.4 is 14.5 Å². The van der Waals surface area contributed by atoms with Gasteiger partial charge in [-0.15, -0.1) is 11.3 Å². The minimum Gasteiger partial charge on any atom is -0.497 e. The Hall–Kier alpha value is -2.61. The van der Waals surface area contributed by atoms with E-state index < -0.39 is 0 Å². The van der Waals surface area contributed by atoms with Crippen LogP contribution in [0.3, 0.4) is 0 Å². The van der Waals surface area contributed by atoms with Crippen molar-refractivity contribution in [2.75, 3.05) is 63.2 Å². The van der Waals surface area contributed by atoms with Crippen LogP contribution in [0.4, 0.5) is 10.8 Å². The molecule has 5 rings (SSSR count). The number of hydrogen-bond acceptors (Lipinski definition) is 7. The van der Waals surface area contributed by atoms with Crippen molar-refractivity contribution >= 4 is 22.2 Å². The van der Waals surface area contributed by atoms with Gasteiger partial charge in [-0.2, -0.15) is 0 Å². The maximum atomic E-state index is 5.48. The molecule has 0 atom stereocenters. The van der Waals surface area contributed by atoms with E-state index in [1.54, 1.807) is 18.4 Å². The van der Waals surface area contributed by atoms with E-state index in [1.807, 2.05) is 6.07 Å². The minimum atomic E-state index is 0.800. The molecule has 1 aromatic heterocycles. The molecule has 2 saturated heterocycles. The number of benzene rings is 2. The SMILES string of the molecule is COc1cccc(CN(Cc2ccc(N3CCN(C)CC3)cc2)c2nc(CN3CCCCC3)cs2)c1. The topological polar surface area (TPSA) is 35.1 Å². The van der Waals surface area contributed by atoms with Gasteiger partial charge >= 0.3 is 0 Å². The van der Waals surface area contributed by atoms with E-state index in [2.05, 4.69) is 74.5 Å². The molecular formula is C29H39N5OS. The molecule has 7 heteroatoms. The highest BCUT2D eigenvalue weighted by Crippen LogP contribution is 2.27. The van der Waals surface area contributed by atoms with Crippen molar-refractivity contribution in [3.63, 3.8) is 0 Å². The summed E-state index contributed by atoms with van der Waals surface area (Å²) in [5.41, 5.74) is 5.06. The van der Waals surface area contributed by atoms with Crippen molar-refractivity contribution in [1.29, 1.82) is 0 Å². The molecule has 0 bridgehead atoms. The zero-order valence-electron chi connectivity index (χ0n) is 21.7. The van der Waals surface area contributed by atoms with Crippen molar-refractivity contribution in [2.45, 2.75) is 38.9 Å². The van der Waals surface area contributed by atoms with Crippen LogP contribution in [-0.2, 0) is 19.6 Å². The number of likely N-dealkylation sites (tertiary alicyclic amines) is 1. The number of aromatic nitrogens is 1. The van der Waals surface area contributed by atoms with Gasteiger partial charge in [0.15, 0.2) is 5.13 Å². The van der Waals surface area contributed by atoms with Crippen molar-refractivity contribution < 1.29 is 4.74 Å². The Balaban J connectivity index is 1.31. The second-order valence-corrected chi connectivity index (χ2v) is 11.0. The molecule has 2 aliphatic rings. The molecule has 0 saturated carbocycles. The van der Waals surface area contributed by atoms with Crippen molar-refractivity contribution in [3.05, 3.63) is 70.7 Å². The van der Waals surface area contributed by atoms with Crippen LogP contribution >= 0.6 is 11.3 Å². The van der Waals surface area contributed by atoms with Crippen molar-refractivity contribution in [1.82, 2.24) is 14.8 Å². The van der Waals surface area contributed by atoms with Crippen LogP contribution in [-0.4, -0.2) is 68.2 Å². The van der Waals surface area contributed by atoms with Crippen LogP contribution in [0.2, 0.25) is 0 Å². The Bertz CT molecular complexity index is 1090. The lowest BCUT2D eigenvalue weighted by atomic mass is 10.1. The second-order valence-electron chi connectivity index (χ2n) is 10.1. The lowest BCUT2D eigenvalue weighted by Gasteiger charge is -2.34. The van der Waals surface area contributed by atoms with Gasteiger partial charge in [-0.05, 0) is 68.4 Å². The zero-order chi connectivity index (χ0) is 24.7. The first-order valence-electron chi connectivity index (χ1n) is 13.2. The zero-order valence-corrected chi connectivity index (χ0v) is 22.6. The summed E-state index contributed by atoms with van der Waals surface area (Å²) in [5, 5.41) is 3.34. The number of rotatable bonds is 9. The third-order valence-corrected chi connectivity index (χ3v) is 8.28. The molecule has 6 nitrogen and oxygen atoms in total. The highest BCUT2D eigenvalue weighted by Gasteiger charge is 2.18. The molecule has 0 aliphatic carbocycles. The van der Waals surface area contributed by atoms with Crippen molar-refractivity contribution in [2.24, 2.45) is 0 Å². The van der Waals surface area contributed by atoms with Gasteiger partial charge in [0.1, 0.15) is 5.75 Å². The minimum absolute atomic E-state index is 0.800. The van der Waals surface area contributed by atoms with Gasteiger partial charge in [0.2, 0.25) is 0 Å². The van der Waals surface area contributed by atoms with Crippen LogP contribution in [0.25, 0.3) is 0 Å². The van der Waals surface area contributed by atoms with Crippen LogP contribution in [0, 0.1) is 0 Å². The molecule has 192 valence electrons. The van der Waals surface area contributed by atoms with Gasteiger partial charge in [0.05, 0.1) is 12.8 Å². The van der Waals surface area contributed by atoms with E-state index in [0.29, 0.717) is 0 Å². The molecule has 0 unspecified atom stereocenters. The summed E-state index contributed by atoms with van der Waals surface area (Å²) >= 11 is 1.76. The fourth-order valence-corrected chi connectivity index (χ4v) is 5.96. The Morgan fingerprint density at radius 2 is 1.64 bits per heavy atom. The molecule has 2 fully saturated rings. The molecule has 0 amide bonds. The van der Waals surface area contributed by atoms with Gasteiger partial charge in [0.25, 0.3) is 0 Å². The first-order chi connectivity index (χ1) is 17.7. The van der Waals surface area contributed by atoms with Gasteiger partial charge in [-0.3, -0.25) is 4.90 Å². The molecular weight excluding hydrogens is 466 g/mol. The van der Waals surface area contributed by atoms with Crippen LogP contribution in [0.5, 0.6) is 5.75 Å². The van der Waals surface area contributed by atoms with Gasteiger partial charge in [-0.1, -0.05) is 30.7 Å². The summed E-state index contributed by atoms with van der Waals surface area (Å²) in [4.78, 5) is 14.9. The predicted octanol–water partition coefficient (Wildman–Crippen LogP) is 5.10. The monoisotopic (exact) mass is 505 g/mol. The second kappa shape index (κ2) is 12.1. The molecule has 36 heavy (non-hydrogen) atoms. The maximum absolute atomic E-state index is 5.48. The number of hydrogen-bond donors (Lipinski definition) is 0. The van der Waals surface area contributed by atoms with E-state index in [9.17, 15) is 0 Å². The number of likely N-dealkylation sites (N-methyl/N-ethyl adjacent to an activating group) is 1. The fraction of sp³-hybridized carbons (Fsp3) is 0.483.